The number of amides is 3. The number of unbranched alkanes of at least 4 members (excludes halogenated alkanes) is 1. The minimum Gasteiger partial charge on any atom is -0.481 e. The Balaban J connectivity index is 5.35. The third kappa shape index (κ3) is 11.9. The highest BCUT2D eigenvalue weighted by atomic mass is 32.1. The van der Waals surface area contributed by atoms with Crippen LogP contribution in [0.25, 0.3) is 0 Å². The number of hydrogen-bond donors (Lipinski definition) is 8. The van der Waals surface area contributed by atoms with Crippen molar-refractivity contribution in [1.82, 2.24) is 16.0 Å². The summed E-state index contributed by atoms with van der Waals surface area (Å²) in [4.78, 5) is 59.9. The number of carbonyl (C=O) groups excluding carboxylic acids is 3. The van der Waals surface area contributed by atoms with Crippen molar-refractivity contribution >= 4 is 42.3 Å². The van der Waals surface area contributed by atoms with Gasteiger partial charge in [-0.15, -0.1) is 0 Å². The van der Waals surface area contributed by atoms with Gasteiger partial charge < -0.3 is 37.6 Å². The minimum absolute atomic E-state index is 0.0613. The van der Waals surface area contributed by atoms with Crippen molar-refractivity contribution in [2.75, 3.05) is 12.3 Å². The van der Waals surface area contributed by atoms with E-state index in [1.807, 2.05) is 0 Å². The zero-order valence-corrected chi connectivity index (χ0v) is 19.3. The summed E-state index contributed by atoms with van der Waals surface area (Å²) in [6.45, 7) is 4.01. The molecule has 9 N–H and O–H groups in total. The first-order valence-electron chi connectivity index (χ1n) is 10.3. The number of thiol groups is 1. The van der Waals surface area contributed by atoms with Gasteiger partial charge in [0.2, 0.25) is 17.7 Å². The van der Waals surface area contributed by atoms with Crippen LogP contribution in [0.2, 0.25) is 0 Å². The molecule has 3 amide bonds. The lowest BCUT2D eigenvalue weighted by molar-refractivity contribution is -0.143. The van der Waals surface area contributed by atoms with Gasteiger partial charge in [0, 0.05) is 5.75 Å². The Morgan fingerprint density at radius 2 is 1.41 bits per heavy atom. The molecular formula is C19H35N5O7S. The maximum Gasteiger partial charge on any atom is 0.327 e. The molecule has 0 aliphatic rings. The van der Waals surface area contributed by atoms with Gasteiger partial charge in [0.15, 0.2) is 0 Å². The molecule has 0 spiro atoms. The molecule has 0 fully saturated rings. The molecule has 0 aromatic carbocycles. The molecule has 32 heavy (non-hydrogen) atoms. The summed E-state index contributed by atoms with van der Waals surface area (Å²) in [5.41, 5.74) is 11.2. The van der Waals surface area contributed by atoms with Gasteiger partial charge in [-0.3, -0.25) is 19.2 Å². The van der Waals surface area contributed by atoms with Gasteiger partial charge in [-0.1, -0.05) is 20.3 Å². The van der Waals surface area contributed by atoms with Crippen LogP contribution < -0.4 is 27.4 Å². The summed E-state index contributed by atoms with van der Waals surface area (Å²) >= 11 is 3.88. The Hall–Kier alpha value is -2.38. The van der Waals surface area contributed by atoms with Crippen LogP contribution in [0, 0.1) is 5.92 Å². The summed E-state index contributed by atoms with van der Waals surface area (Å²) < 4.78 is 0. The maximum absolute atomic E-state index is 12.7. The largest absolute Gasteiger partial charge is 0.481 e. The zero-order valence-electron chi connectivity index (χ0n) is 18.4. The first kappa shape index (κ1) is 29.6. The number of carboxylic acid groups (broad SMARTS) is 2. The van der Waals surface area contributed by atoms with E-state index in [1.165, 1.54) is 0 Å². The Kier molecular flexibility index (Phi) is 14.3. The lowest BCUT2D eigenvalue weighted by atomic mass is 10.0. The molecule has 0 aliphatic carbocycles. The monoisotopic (exact) mass is 477 g/mol. The van der Waals surface area contributed by atoms with E-state index in [9.17, 15) is 24.0 Å². The molecule has 0 saturated heterocycles. The molecule has 0 saturated carbocycles. The molecule has 0 rings (SSSR count). The molecule has 0 aromatic heterocycles. The second kappa shape index (κ2) is 15.4. The first-order chi connectivity index (χ1) is 14.9. The SMILES string of the molecule is CC(C)CC(NC(=O)C(CC(=O)O)NC(=O)C(N)CCCCN)C(=O)NC(CS)C(=O)O. The van der Waals surface area contributed by atoms with Crippen LogP contribution in [0.3, 0.4) is 0 Å². The third-order valence-electron chi connectivity index (χ3n) is 4.45. The van der Waals surface area contributed by atoms with Crippen LogP contribution in [-0.2, 0) is 24.0 Å². The number of nitrogens with two attached hydrogens (primary N) is 2. The molecule has 0 aliphatic heterocycles. The topological polar surface area (TPSA) is 214 Å². The Morgan fingerprint density at radius 1 is 0.875 bits per heavy atom. The van der Waals surface area contributed by atoms with Gasteiger partial charge in [0.1, 0.15) is 18.1 Å². The van der Waals surface area contributed by atoms with E-state index in [0.717, 1.165) is 0 Å². The van der Waals surface area contributed by atoms with Gasteiger partial charge in [-0.25, -0.2) is 4.79 Å². The van der Waals surface area contributed by atoms with Crippen molar-refractivity contribution in [2.45, 2.75) is 70.1 Å². The van der Waals surface area contributed by atoms with Gasteiger partial charge in [0.05, 0.1) is 12.5 Å². The van der Waals surface area contributed by atoms with Gasteiger partial charge >= 0.3 is 11.9 Å². The van der Waals surface area contributed by atoms with E-state index in [0.29, 0.717) is 25.8 Å². The number of carboxylic acids is 2. The third-order valence-corrected chi connectivity index (χ3v) is 4.82. The number of hydrogen-bond acceptors (Lipinski definition) is 8. The van der Waals surface area contributed by atoms with Gasteiger partial charge in [0.25, 0.3) is 0 Å². The average Bonchev–Trinajstić information content (AvgIpc) is 2.69. The smallest absolute Gasteiger partial charge is 0.327 e. The van der Waals surface area contributed by atoms with Crippen molar-refractivity contribution < 1.29 is 34.2 Å². The normalized spacial score (nSPS) is 14.7. The maximum atomic E-state index is 12.7. The predicted molar refractivity (Wildman–Crippen MR) is 120 cm³/mol. The summed E-state index contributed by atoms with van der Waals surface area (Å²) in [6.07, 6.45) is 0.993. The fourth-order valence-electron chi connectivity index (χ4n) is 2.74. The fraction of sp³-hybridized carbons (Fsp3) is 0.737. The molecule has 0 aromatic rings. The molecule has 12 nitrogen and oxygen atoms in total. The summed E-state index contributed by atoms with van der Waals surface area (Å²) in [7, 11) is 0. The molecule has 13 heteroatoms. The molecule has 4 atom stereocenters. The number of carbonyl (C=O) groups is 5. The minimum atomic E-state index is -1.47. The Labute approximate surface area is 192 Å². The summed E-state index contributed by atoms with van der Waals surface area (Å²) in [6, 6.07) is -4.83. The fourth-order valence-corrected chi connectivity index (χ4v) is 2.98. The van der Waals surface area contributed by atoms with E-state index >= 15 is 0 Å². The van der Waals surface area contributed by atoms with E-state index in [4.69, 9.17) is 21.7 Å². The molecule has 0 heterocycles. The number of aliphatic carboxylic acids is 2. The van der Waals surface area contributed by atoms with Crippen molar-refractivity contribution in [3.63, 3.8) is 0 Å². The molecule has 0 bridgehead atoms. The highest BCUT2D eigenvalue weighted by Gasteiger charge is 2.31. The molecular weight excluding hydrogens is 442 g/mol. The van der Waals surface area contributed by atoms with Crippen LogP contribution in [0.4, 0.5) is 0 Å². The highest BCUT2D eigenvalue weighted by Crippen LogP contribution is 2.07. The predicted octanol–water partition coefficient (Wildman–Crippen LogP) is -1.57. The van der Waals surface area contributed by atoms with Crippen molar-refractivity contribution in [3.8, 4) is 0 Å². The van der Waals surface area contributed by atoms with E-state index in [1.54, 1.807) is 13.8 Å². The Bertz CT molecular complexity index is 662. The summed E-state index contributed by atoms with van der Waals surface area (Å²) in [5.74, 6) is -5.21. The average molecular weight is 478 g/mol. The highest BCUT2D eigenvalue weighted by molar-refractivity contribution is 7.80. The van der Waals surface area contributed by atoms with Crippen LogP contribution in [0.5, 0.6) is 0 Å². The molecule has 184 valence electrons. The summed E-state index contributed by atoms with van der Waals surface area (Å²) in [5, 5.41) is 25.2. The standard InChI is InChI=1S/C19H35N5O7S/c1-10(2)7-12(17(28)24-14(9-32)19(30)31)23-18(29)13(8-15(25)26)22-16(27)11(21)5-3-4-6-20/h10-14,32H,3-9,20-21H2,1-2H3,(H,22,27)(H,23,29)(H,24,28)(H,25,26)(H,30,31). The first-order valence-corrected chi connectivity index (χ1v) is 11.0. The second-order valence-corrected chi connectivity index (χ2v) is 8.19. The number of rotatable bonds is 16. The zero-order chi connectivity index (χ0) is 24.8. The van der Waals surface area contributed by atoms with Crippen LogP contribution in [0.1, 0.15) is 46.0 Å². The lowest BCUT2D eigenvalue weighted by Crippen LogP contribution is -2.57. The molecule has 0 radical (unpaired) electrons. The Morgan fingerprint density at radius 3 is 1.88 bits per heavy atom. The van der Waals surface area contributed by atoms with Crippen LogP contribution in [-0.4, -0.2) is 76.3 Å². The van der Waals surface area contributed by atoms with Crippen molar-refractivity contribution in [2.24, 2.45) is 17.4 Å². The number of nitrogens with one attached hydrogen (secondary N) is 3. The van der Waals surface area contributed by atoms with Crippen molar-refractivity contribution in [3.05, 3.63) is 0 Å². The second-order valence-electron chi connectivity index (χ2n) is 7.82. The van der Waals surface area contributed by atoms with Crippen molar-refractivity contribution in [1.29, 1.82) is 0 Å². The lowest BCUT2D eigenvalue weighted by Gasteiger charge is -2.25. The van der Waals surface area contributed by atoms with Gasteiger partial charge in [-0.2, -0.15) is 12.6 Å². The van der Waals surface area contributed by atoms with E-state index < -0.39 is 60.2 Å². The van der Waals surface area contributed by atoms with Crippen LogP contribution in [0.15, 0.2) is 0 Å². The molecule has 4 unspecified atom stereocenters. The van der Waals surface area contributed by atoms with Gasteiger partial charge in [-0.05, 0) is 31.7 Å². The quantitative estimate of drug-likeness (QED) is 0.0950. The van der Waals surface area contributed by atoms with E-state index in [2.05, 4.69) is 28.6 Å². The van der Waals surface area contributed by atoms with Crippen LogP contribution >= 0.6 is 12.6 Å². The van der Waals surface area contributed by atoms with E-state index in [-0.39, 0.29) is 18.1 Å².